The van der Waals surface area contributed by atoms with Crippen LogP contribution in [0.3, 0.4) is 0 Å². The van der Waals surface area contributed by atoms with Gasteiger partial charge in [-0.15, -0.1) is 10.2 Å². The minimum atomic E-state index is -0.296. The second-order valence-electron chi connectivity index (χ2n) is 9.05. The van der Waals surface area contributed by atoms with Crippen LogP contribution >= 0.6 is 11.8 Å². The Morgan fingerprint density at radius 3 is 2.56 bits per heavy atom. The lowest BCUT2D eigenvalue weighted by Gasteiger charge is -2.24. The van der Waals surface area contributed by atoms with Gasteiger partial charge in [-0.3, -0.25) is 9.36 Å². The molecule has 0 amide bonds. The van der Waals surface area contributed by atoms with Gasteiger partial charge in [0.25, 0.3) is 0 Å². The second kappa shape index (κ2) is 8.62. The number of anilines is 1. The SMILES string of the molecule is CC(C)c1nnc(S[C@@H](C)C(=O)/C=C2/N(C)c3ccccc3C2(C)C)n1Cc1ccco1. The molecule has 32 heavy (non-hydrogen) atoms. The average Bonchev–Trinajstić information content (AvgIpc) is 3.45. The first-order valence-electron chi connectivity index (χ1n) is 10.9. The zero-order valence-electron chi connectivity index (χ0n) is 19.5. The van der Waals surface area contributed by atoms with E-state index in [9.17, 15) is 4.79 Å². The summed E-state index contributed by atoms with van der Waals surface area (Å²) in [7, 11) is 2.03. The van der Waals surface area contributed by atoms with E-state index in [1.807, 2.05) is 36.7 Å². The fourth-order valence-electron chi connectivity index (χ4n) is 4.25. The van der Waals surface area contributed by atoms with Gasteiger partial charge in [0, 0.05) is 35.8 Å². The molecule has 168 valence electrons. The summed E-state index contributed by atoms with van der Waals surface area (Å²) in [5.41, 5.74) is 3.17. The molecule has 3 heterocycles. The van der Waals surface area contributed by atoms with Gasteiger partial charge in [-0.2, -0.15) is 0 Å². The maximum Gasteiger partial charge on any atom is 0.192 e. The highest BCUT2D eigenvalue weighted by molar-refractivity contribution is 8.00. The van der Waals surface area contributed by atoms with E-state index in [1.54, 1.807) is 12.3 Å². The number of para-hydroxylation sites is 1. The number of fused-ring (bicyclic) bond motifs is 1. The Bertz CT molecular complexity index is 1140. The Hall–Kier alpha value is -2.80. The molecule has 0 radical (unpaired) electrons. The van der Waals surface area contributed by atoms with Crippen molar-refractivity contribution in [3.05, 3.63) is 71.6 Å². The van der Waals surface area contributed by atoms with E-state index in [4.69, 9.17) is 4.42 Å². The Labute approximate surface area is 193 Å². The topological polar surface area (TPSA) is 64.2 Å². The normalized spacial score (nSPS) is 17.2. The van der Waals surface area contributed by atoms with Gasteiger partial charge in [-0.25, -0.2) is 0 Å². The number of thioether (sulfide) groups is 1. The molecule has 0 saturated carbocycles. The molecule has 0 spiro atoms. The molecule has 1 aliphatic rings. The van der Waals surface area contributed by atoms with E-state index in [0.29, 0.717) is 6.54 Å². The zero-order chi connectivity index (χ0) is 23.0. The summed E-state index contributed by atoms with van der Waals surface area (Å²) < 4.78 is 7.58. The van der Waals surface area contributed by atoms with Crippen LogP contribution in [0.1, 0.15) is 57.7 Å². The number of ketones is 1. The average molecular weight is 451 g/mol. The van der Waals surface area contributed by atoms with Crippen LogP contribution < -0.4 is 4.90 Å². The highest BCUT2D eigenvalue weighted by Gasteiger charge is 2.39. The van der Waals surface area contributed by atoms with Crippen LogP contribution in [0.2, 0.25) is 0 Å². The number of likely N-dealkylation sites (N-methyl/N-ethyl adjacent to an activating group) is 1. The Balaban J connectivity index is 1.57. The number of furan rings is 1. The predicted octanol–water partition coefficient (Wildman–Crippen LogP) is 5.40. The summed E-state index contributed by atoms with van der Waals surface area (Å²) in [6.07, 6.45) is 3.46. The van der Waals surface area contributed by atoms with Crippen molar-refractivity contribution >= 4 is 23.2 Å². The molecule has 1 atom stereocenters. The third-order valence-electron chi connectivity index (χ3n) is 6.06. The molecule has 7 heteroatoms. The van der Waals surface area contributed by atoms with Crippen molar-refractivity contribution < 1.29 is 9.21 Å². The summed E-state index contributed by atoms with van der Waals surface area (Å²) in [5, 5.41) is 9.22. The van der Waals surface area contributed by atoms with Crippen molar-refractivity contribution in [2.24, 2.45) is 0 Å². The Kier molecular flexibility index (Phi) is 6.03. The summed E-state index contributed by atoms with van der Waals surface area (Å²) >= 11 is 1.44. The molecule has 0 fully saturated rings. The quantitative estimate of drug-likeness (QED) is 0.355. The maximum atomic E-state index is 13.3. The van der Waals surface area contributed by atoms with Crippen LogP contribution in [-0.4, -0.2) is 32.8 Å². The third-order valence-corrected chi connectivity index (χ3v) is 7.16. The standard InChI is InChI=1S/C25H30N4O2S/c1-16(2)23-26-27-24(29(23)15-18-10-9-13-31-18)32-17(3)21(30)14-22-25(4,5)19-11-7-8-12-20(19)28(22)6/h7-14,16-17H,15H2,1-6H3/b22-14+/t17-/m0/s1. The molecule has 0 N–H and O–H groups in total. The molecular formula is C25H30N4O2S. The number of rotatable bonds is 7. The number of aromatic nitrogens is 3. The van der Waals surface area contributed by atoms with Gasteiger partial charge < -0.3 is 9.32 Å². The lowest BCUT2D eigenvalue weighted by molar-refractivity contribution is -0.114. The fourth-order valence-corrected chi connectivity index (χ4v) is 5.12. The highest BCUT2D eigenvalue weighted by Crippen LogP contribution is 2.46. The van der Waals surface area contributed by atoms with Crippen LogP contribution in [0.25, 0.3) is 0 Å². The third kappa shape index (κ3) is 4.01. The van der Waals surface area contributed by atoms with Crippen molar-refractivity contribution in [2.45, 2.75) is 62.9 Å². The van der Waals surface area contributed by atoms with Gasteiger partial charge >= 0.3 is 0 Å². The van der Waals surface area contributed by atoms with E-state index >= 15 is 0 Å². The van der Waals surface area contributed by atoms with Gasteiger partial charge in [-0.05, 0) is 30.7 Å². The maximum absolute atomic E-state index is 13.3. The van der Waals surface area contributed by atoms with E-state index in [-0.39, 0.29) is 22.4 Å². The summed E-state index contributed by atoms with van der Waals surface area (Å²) in [5.74, 6) is 2.00. The van der Waals surface area contributed by atoms with Gasteiger partial charge in [0.1, 0.15) is 11.6 Å². The first-order chi connectivity index (χ1) is 15.2. The van der Waals surface area contributed by atoms with Crippen LogP contribution in [0.5, 0.6) is 0 Å². The molecule has 1 aromatic carbocycles. The summed E-state index contributed by atoms with van der Waals surface area (Å²) in [6.45, 7) is 11.0. The van der Waals surface area contributed by atoms with Gasteiger partial charge in [0.05, 0.1) is 18.1 Å². The van der Waals surface area contributed by atoms with Crippen molar-refractivity contribution in [2.75, 3.05) is 11.9 Å². The van der Waals surface area contributed by atoms with Crippen molar-refractivity contribution in [1.82, 2.24) is 14.8 Å². The van der Waals surface area contributed by atoms with Gasteiger partial charge in [0.15, 0.2) is 10.9 Å². The number of nitrogens with zero attached hydrogens (tertiary/aromatic N) is 4. The second-order valence-corrected chi connectivity index (χ2v) is 10.4. The number of hydrogen-bond donors (Lipinski definition) is 0. The minimum Gasteiger partial charge on any atom is -0.467 e. The Morgan fingerprint density at radius 2 is 1.91 bits per heavy atom. The zero-order valence-corrected chi connectivity index (χ0v) is 20.3. The Morgan fingerprint density at radius 1 is 1.16 bits per heavy atom. The lowest BCUT2D eigenvalue weighted by Crippen LogP contribution is -2.25. The van der Waals surface area contributed by atoms with Crippen LogP contribution in [-0.2, 0) is 16.8 Å². The fraction of sp³-hybridized carbons (Fsp3) is 0.400. The first kappa shape index (κ1) is 22.4. The first-order valence-corrected chi connectivity index (χ1v) is 11.8. The van der Waals surface area contributed by atoms with Crippen molar-refractivity contribution in [1.29, 1.82) is 0 Å². The largest absolute Gasteiger partial charge is 0.467 e. The predicted molar refractivity (Wildman–Crippen MR) is 128 cm³/mol. The molecule has 0 unspecified atom stereocenters. The van der Waals surface area contributed by atoms with E-state index in [0.717, 1.165) is 28.1 Å². The molecule has 1 aliphatic heterocycles. The minimum absolute atomic E-state index is 0.0661. The molecule has 0 aliphatic carbocycles. The van der Waals surface area contributed by atoms with E-state index in [1.165, 1.54) is 17.3 Å². The number of allylic oxidation sites excluding steroid dienone is 2. The van der Waals surface area contributed by atoms with E-state index < -0.39 is 0 Å². The number of benzene rings is 1. The smallest absolute Gasteiger partial charge is 0.192 e. The van der Waals surface area contributed by atoms with Gasteiger partial charge in [0.2, 0.25) is 0 Å². The van der Waals surface area contributed by atoms with Crippen LogP contribution in [0.4, 0.5) is 5.69 Å². The molecule has 2 aromatic heterocycles. The van der Waals surface area contributed by atoms with E-state index in [2.05, 4.69) is 61.0 Å². The van der Waals surface area contributed by atoms with Crippen molar-refractivity contribution in [3.8, 4) is 0 Å². The summed E-state index contributed by atoms with van der Waals surface area (Å²) in [4.78, 5) is 15.4. The molecule has 6 nitrogen and oxygen atoms in total. The lowest BCUT2D eigenvalue weighted by atomic mass is 9.83. The molecule has 3 aromatic rings. The highest BCUT2D eigenvalue weighted by atomic mass is 32.2. The number of hydrogen-bond acceptors (Lipinski definition) is 6. The molecule has 4 rings (SSSR count). The van der Waals surface area contributed by atoms with Crippen LogP contribution in [0, 0.1) is 0 Å². The van der Waals surface area contributed by atoms with Crippen LogP contribution in [0.15, 0.2) is 64.0 Å². The molecule has 0 saturated heterocycles. The number of carbonyl (C=O) groups excluding carboxylic acids is 1. The van der Waals surface area contributed by atoms with Gasteiger partial charge in [-0.1, -0.05) is 57.7 Å². The van der Waals surface area contributed by atoms with Crippen molar-refractivity contribution in [3.63, 3.8) is 0 Å². The monoisotopic (exact) mass is 450 g/mol. The summed E-state index contributed by atoms with van der Waals surface area (Å²) in [6, 6.07) is 12.1. The number of carbonyl (C=O) groups is 1. The molecular weight excluding hydrogens is 420 g/mol. The molecule has 0 bridgehead atoms.